The standard InChI is InChI=1S/C13H21NOS/c1-5-13(6-2,14(3)4)12(15)10-11-8-7-9-16-11/h7-9H,5-6,10H2,1-4H3. The van der Waals surface area contributed by atoms with Crippen LogP contribution in [0.4, 0.5) is 0 Å². The minimum atomic E-state index is -0.288. The van der Waals surface area contributed by atoms with Gasteiger partial charge >= 0.3 is 0 Å². The molecule has 0 fully saturated rings. The van der Waals surface area contributed by atoms with Crippen molar-refractivity contribution in [2.24, 2.45) is 0 Å². The van der Waals surface area contributed by atoms with E-state index in [4.69, 9.17) is 0 Å². The minimum absolute atomic E-state index is 0.288. The first kappa shape index (κ1) is 13.4. The van der Waals surface area contributed by atoms with Gasteiger partial charge in [0, 0.05) is 11.3 Å². The van der Waals surface area contributed by atoms with Crippen LogP contribution in [-0.4, -0.2) is 30.3 Å². The summed E-state index contributed by atoms with van der Waals surface area (Å²) in [4.78, 5) is 15.6. The SMILES string of the molecule is CCC(CC)(C(=O)Cc1cccs1)N(C)C. The molecule has 90 valence electrons. The fourth-order valence-corrected chi connectivity index (χ4v) is 2.97. The van der Waals surface area contributed by atoms with Crippen LogP contribution in [0.25, 0.3) is 0 Å². The highest BCUT2D eigenvalue weighted by Gasteiger charge is 2.36. The van der Waals surface area contributed by atoms with Gasteiger partial charge < -0.3 is 0 Å². The summed E-state index contributed by atoms with van der Waals surface area (Å²) < 4.78 is 0. The lowest BCUT2D eigenvalue weighted by molar-refractivity contribution is -0.129. The van der Waals surface area contributed by atoms with Gasteiger partial charge in [0.2, 0.25) is 0 Å². The third kappa shape index (κ3) is 2.53. The Morgan fingerprint density at radius 1 is 1.38 bits per heavy atom. The number of rotatable bonds is 6. The average molecular weight is 239 g/mol. The molecule has 0 radical (unpaired) electrons. The number of Topliss-reactive ketones (excluding diaryl/α,β-unsaturated/α-hetero) is 1. The van der Waals surface area contributed by atoms with Gasteiger partial charge in [-0.25, -0.2) is 0 Å². The summed E-state index contributed by atoms with van der Waals surface area (Å²) in [5.41, 5.74) is -0.288. The average Bonchev–Trinajstić information content (AvgIpc) is 2.72. The molecular formula is C13H21NOS. The molecule has 16 heavy (non-hydrogen) atoms. The van der Waals surface area contributed by atoms with Gasteiger partial charge in [0.15, 0.2) is 5.78 Å². The highest BCUT2D eigenvalue weighted by molar-refractivity contribution is 7.10. The minimum Gasteiger partial charge on any atom is -0.297 e. The summed E-state index contributed by atoms with van der Waals surface area (Å²) in [6, 6.07) is 4.04. The third-order valence-electron chi connectivity index (χ3n) is 3.46. The molecule has 0 bridgehead atoms. The molecule has 0 aliphatic heterocycles. The molecule has 0 atom stereocenters. The Labute approximate surface area is 102 Å². The molecule has 0 N–H and O–H groups in total. The van der Waals surface area contributed by atoms with E-state index >= 15 is 0 Å². The maximum Gasteiger partial charge on any atom is 0.158 e. The summed E-state index contributed by atoms with van der Waals surface area (Å²) in [7, 11) is 4.00. The molecule has 0 aliphatic rings. The predicted octanol–water partition coefficient (Wildman–Crippen LogP) is 2.98. The van der Waals surface area contributed by atoms with Crippen LogP contribution in [0, 0.1) is 0 Å². The summed E-state index contributed by atoms with van der Waals surface area (Å²) in [6.45, 7) is 4.19. The summed E-state index contributed by atoms with van der Waals surface area (Å²) in [6.07, 6.45) is 2.32. The summed E-state index contributed by atoms with van der Waals surface area (Å²) in [5.74, 6) is 0.338. The van der Waals surface area contributed by atoms with Gasteiger partial charge in [-0.2, -0.15) is 0 Å². The van der Waals surface area contributed by atoms with Gasteiger partial charge in [0.1, 0.15) is 0 Å². The van der Waals surface area contributed by atoms with E-state index in [1.54, 1.807) is 11.3 Å². The lowest BCUT2D eigenvalue weighted by atomic mass is 9.85. The molecule has 0 amide bonds. The third-order valence-corrected chi connectivity index (χ3v) is 4.34. The molecule has 0 unspecified atom stereocenters. The number of carbonyl (C=O) groups excluding carboxylic acids is 1. The van der Waals surface area contributed by atoms with Crippen molar-refractivity contribution in [2.45, 2.75) is 38.6 Å². The van der Waals surface area contributed by atoms with E-state index in [1.807, 2.05) is 31.6 Å². The second-order valence-corrected chi connectivity index (χ2v) is 5.34. The Morgan fingerprint density at radius 2 is 2.00 bits per heavy atom. The predicted molar refractivity (Wildman–Crippen MR) is 70.0 cm³/mol. The maximum absolute atomic E-state index is 12.4. The Hall–Kier alpha value is -0.670. The Bertz CT molecular complexity index is 326. The molecule has 0 aliphatic carbocycles. The molecule has 1 aromatic heterocycles. The fourth-order valence-electron chi connectivity index (χ4n) is 2.26. The Balaban J connectivity index is 2.83. The molecule has 0 aromatic carbocycles. The number of carbonyl (C=O) groups is 1. The van der Waals surface area contributed by atoms with Crippen LogP contribution in [0.2, 0.25) is 0 Å². The van der Waals surface area contributed by atoms with Gasteiger partial charge in [-0.05, 0) is 38.4 Å². The zero-order valence-electron chi connectivity index (χ0n) is 10.6. The molecule has 0 saturated heterocycles. The van der Waals surface area contributed by atoms with Crippen molar-refractivity contribution in [3.8, 4) is 0 Å². The van der Waals surface area contributed by atoms with Crippen LogP contribution < -0.4 is 0 Å². The second kappa shape index (κ2) is 5.60. The molecule has 3 heteroatoms. The lowest BCUT2D eigenvalue weighted by Crippen LogP contribution is -2.50. The van der Waals surface area contributed by atoms with Gasteiger partial charge in [0.25, 0.3) is 0 Å². The Kier molecular flexibility index (Phi) is 4.69. The van der Waals surface area contributed by atoms with Crippen LogP contribution >= 0.6 is 11.3 Å². The fraction of sp³-hybridized carbons (Fsp3) is 0.615. The van der Waals surface area contributed by atoms with E-state index in [1.165, 1.54) is 0 Å². The lowest BCUT2D eigenvalue weighted by Gasteiger charge is -2.37. The van der Waals surface area contributed by atoms with E-state index < -0.39 is 0 Å². The van der Waals surface area contributed by atoms with Crippen molar-refractivity contribution in [2.75, 3.05) is 14.1 Å². The molecule has 1 aromatic rings. The number of thiophene rings is 1. The quantitative estimate of drug-likeness (QED) is 0.760. The maximum atomic E-state index is 12.4. The van der Waals surface area contributed by atoms with Crippen molar-refractivity contribution in [3.05, 3.63) is 22.4 Å². The number of nitrogens with zero attached hydrogens (tertiary/aromatic N) is 1. The van der Waals surface area contributed by atoms with E-state index in [0.717, 1.165) is 17.7 Å². The van der Waals surface area contributed by atoms with Crippen LogP contribution in [0.3, 0.4) is 0 Å². The van der Waals surface area contributed by atoms with Gasteiger partial charge in [0.05, 0.1) is 5.54 Å². The van der Waals surface area contributed by atoms with Crippen molar-refractivity contribution < 1.29 is 4.79 Å². The summed E-state index contributed by atoms with van der Waals surface area (Å²) in [5, 5.41) is 2.03. The van der Waals surface area contributed by atoms with E-state index in [9.17, 15) is 4.79 Å². The number of likely N-dealkylation sites (N-methyl/N-ethyl adjacent to an activating group) is 1. The van der Waals surface area contributed by atoms with Crippen LogP contribution in [0.1, 0.15) is 31.6 Å². The van der Waals surface area contributed by atoms with Gasteiger partial charge in [-0.3, -0.25) is 9.69 Å². The van der Waals surface area contributed by atoms with Crippen molar-refractivity contribution in [1.82, 2.24) is 4.90 Å². The summed E-state index contributed by atoms with van der Waals surface area (Å²) >= 11 is 1.66. The number of hydrogen-bond acceptors (Lipinski definition) is 3. The number of ketones is 1. The second-order valence-electron chi connectivity index (χ2n) is 4.31. The monoisotopic (exact) mass is 239 g/mol. The number of hydrogen-bond donors (Lipinski definition) is 0. The van der Waals surface area contributed by atoms with Crippen LogP contribution in [0.5, 0.6) is 0 Å². The van der Waals surface area contributed by atoms with Crippen LogP contribution in [0.15, 0.2) is 17.5 Å². The molecule has 1 heterocycles. The smallest absolute Gasteiger partial charge is 0.158 e. The molecule has 2 nitrogen and oxygen atoms in total. The van der Waals surface area contributed by atoms with Crippen LogP contribution in [-0.2, 0) is 11.2 Å². The molecule has 0 spiro atoms. The first-order valence-corrected chi connectivity index (χ1v) is 6.68. The highest BCUT2D eigenvalue weighted by atomic mass is 32.1. The Morgan fingerprint density at radius 3 is 2.38 bits per heavy atom. The van der Waals surface area contributed by atoms with Gasteiger partial charge in [-0.15, -0.1) is 11.3 Å². The zero-order chi connectivity index (χ0) is 12.2. The normalized spacial score (nSPS) is 12.1. The topological polar surface area (TPSA) is 20.3 Å². The van der Waals surface area contributed by atoms with Crippen molar-refractivity contribution in [1.29, 1.82) is 0 Å². The highest BCUT2D eigenvalue weighted by Crippen LogP contribution is 2.25. The van der Waals surface area contributed by atoms with Gasteiger partial charge in [-0.1, -0.05) is 19.9 Å². The van der Waals surface area contributed by atoms with Crippen molar-refractivity contribution >= 4 is 17.1 Å². The van der Waals surface area contributed by atoms with Crippen molar-refractivity contribution in [3.63, 3.8) is 0 Å². The molecule has 0 saturated carbocycles. The first-order valence-electron chi connectivity index (χ1n) is 5.80. The van der Waals surface area contributed by atoms with E-state index in [-0.39, 0.29) is 5.54 Å². The van der Waals surface area contributed by atoms with E-state index in [2.05, 4.69) is 18.7 Å². The van der Waals surface area contributed by atoms with E-state index in [0.29, 0.717) is 12.2 Å². The zero-order valence-corrected chi connectivity index (χ0v) is 11.4. The largest absolute Gasteiger partial charge is 0.297 e. The first-order chi connectivity index (χ1) is 7.56. The molecular weight excluding hydrogens is 218 g/mol. The molecule has 1 rings (SSSR count).